The molecule has 1 aliphatic heterocycles. The summed E-state index contributed by atoms with van der Waals surface area (Å²) in [7, 11) is 0. The molecule has 2 fully saturated rings. The zero-order chi connectivity index (χ0) is 23.8. The Morgan fingerprint density at radius 3 is 2.48 bits per heavy atom. The first-order chi connectivity index (χ1) is 15.6. The Labute approximate surface area is 187 Å². The van der Waals surface area contributed by atoms with Gasteiger partial charge in [0.15, 0.2) is 5.69 Å². The van der Waals surface area contributed by atoms with E-state index in [2.05, 4.69) is 16.2 Å². The predicted octanol–water partition coefficient (Wildman–Crippen LogP) is 4.61. The molecular weight excluding hydrogens is 445 g/mol. The van der Waals surface area contributed by atoms with Gasteiger partial charge in [-0.2, -0.15) is 13.2 Å². The Balaban J connectivity index is 1.69. The molecule has 0 bridgehead atoms. The van der Waals surface area contributed by atoms with Gasteiger partial charge in [-0.3, -0.25) is 9.20 Å². The van der Waals surface area contributed by atoms with Crippen LogP contribution in [0.4, 0.5) is 22.0 Å². The largest absolute Gasteiger partial charge is 0.435 e. The second kappa shape index (κ2) is 8.93. The molecule has 1 amide bonds. The van der Waals surface area contributed by atoms with Gasteiger partial charge in [0.2, 0.25) is 5.92 Å². The van der Waals surface area contributed by atoms with Crippen LogP contribution in [0.2, 0.25) is 0 Å². The molecule has 5 nitrogen and oxygen atoms in total. The van der Waals surface area contributed by atoms with Crippen molar-refractivity contribution in [1.29, 1.82) is 0 Å². The number of imidazole rings is 1. The maximum Gasteiger partial charge on any atom is 0.435 e. The molecule has 0 atom stereocenters. The number of aromatic nitrogens is 2. The van der Waals surface area contributed by atoms with Crippen LogP contribution in [0, 0.1) is 18.3 Å². The standard InChI is InChI=1S/C23H24F5N3O2/c1-2-17-12-15(21(32)29-16-5-9-33-10-6-16)13-19-30-20(23(26,27)28)18(31(17)19)11-14-3-7-22(24,25)8-4-14/h1,12-14,16H,3-11H2,(H,29,32). The summed E-state index contributed by atoms with van der Waals surface area (Å²) in [6.45, 7) is 1.04. The number of nitrogens with zero attached hydrogens (tertiary/aromatic N) is 2. The number of carbonyl (C=O) groups excluding carboxylic acids is 1. The van der Waals surface area contributed by atoms with Crippen molar-refractivity contribution in [3.8, 4) is 12.3 Å². The molecule has 2 aromatic heterocycles. The van der Waals surface area contributed by atoms with Gasteiger partial charge in [-0.15, -0.1) is 6.42 Å². The molecule has 0 spiro atoms. The minimum absolute atomic E-state index is 0.0590. The van der Waals surface area contributed by atoms with Gasteiger partial charge in [0.25, 0.3) is 5.91 Å². The second-order valence-electron chi connectivity index (χ2n) is 8.74. The highest BCUT2D eigenvalue weighted by molar-refractivity contribution is 5.95. The number of terminal acetylenes is 1. The van der Waals surface area contributed by atoms with E-state index in [4.69, 9.17) is 11.2 Å². The van der Waals surface area contributed by atoms with Gasteiger partial charge < -0.3 is 10.1 Å². The van der Waals surface area contributed by atoms with E-state index in [0.717, 1.165) is 0 Å². The molecule has 0 unspecified atom stereocenters. The smallest absolute Gasteiger partial charge is 0.381 e. The fourth-order valence-corrected chi connectivity index (χ4v) is 4.57. The monoisotopic (exact) mass is 469 g/mol. The molecule has 3 heterocycles. The maximum atomic E-state index is 13.8. The highest BCUT2D eigenvalue weighted by Crippen LogP contribution is 2.40. The third kappa shape index (κ3) is 5.13. The SMILES string of the molecule is C#Cc1cc(C(=O)NC2CCOCC2)cc2nc(C(F)(F)F)c(CC3CCC(F)(F)CC3)n12. The fourth-order valence-electron chi connectivity index (χ4n) is 4.57. The molecule has 2 aromatic rings. The van der Waals surface area contributed by atoms with E-state index in [0.29, 0.717) is 26.1 Å². The maximum absolute atomic E-state index is 13.8. The lowest BCUT2D eigenvalue weighted by atomic mass is 9.83. The first-order valence-corrected chi connectivity index (χ1v) is 10.9. The number of hydrogen-bond acceptors (Lipinski definition) is 3. The van der Waals surface area contributed by atoms with Gasteiger partial charge in [-0.1, -0.05) is 5.92 Å². The summed E-state index contributed by atoms with van der Waals surface area (Å²) in [5.74, 6) is -1.21. The van der Waals surface area contributed by atoms with Gasteiger partial charge in [-0.25, -0.2) is 13.8 Å². The van der Waals surface area contributed by atoms with Crippen LogP contribution >= 0.6 is 0 Å². The van der Waals surface area contributed by atoms with Crippen LogP contribution < -0.4 is 5.32 Å². The number of fused-ring (bicyclic) bond motifs is 1. The minimum Gasteiger partial charge on any atom is -0.381 e. The van der Waals surface area contributed by atoms with Gasteiger partial charge in [0.1, 0.15) is 5.65 Å². The molecule has 10 heteroatoms. The van der Waals surface area contributed by atoms with Crippen LogP contribution in [-0.4, -0.2) is 40.5 Å². The zero-order valence-electron chi connectivity index (χ0n) is 17.9. The topological polar surface area (TPSA) is 55.6 Å². The molecule has 33 heavy (non-hydrogen) atoms. The van der Waals surface area contributed by atoms with Gasteiger partial charge in [-0.05, 0) is 50.2 Å². The van der Waals surface area contributed by atoms with Crippen molar-refractivity contribution in [2.45, 2.75) is 63.1 Å². The molecule has 0 aromatic carbocycles. The molecule has 4 rings (SSSR count). The molecule has 2 aliphatic rings. The average molecular weight is 469 g/mol. The molecule has 178 valence electrons. The zero-order valence-corrected chi connectivity index (χ0v) is 17.9. The number of carbonyl (C=O) groups is 1. The summed E-state index contributed by atoms with van der Waals surface area (Å²) >= 11 is 0. The number of amides is 1. The molecule has 1 saturated carbocycles. The minimum atomic E-state index is -4.75. The molecule has 1 N–H and O–H groups in total. The van der Waals surface area contributed by atoms with Crippen LogP contribution in [0.25, 0.3) is 5.65 Å². The number of rotatable bonds is 4. The van der Waals surface area contributed by atoms with Gasteiger partial charge >= 0.3 is 6.18 Å². The Morgan fingerprint density at radius 1 is 1.21 bits per heavy atom. The highest BCUT2D eigenvalue weighted by atomic mass is 19.4. The summed E-state index contributed by atoms with van der Waals surface area (Å²) in [6.07, 6.45) is 1.58. The van der Waals surface area contributed by atoms with Crippen LogP contribution in [-0.2, 0) is 17.3 Å². The Hall–Kier alpha value is -2.67. The summed E-state index contributed by atoms with van der Waals surface area (Å²) in [6, 6.07) is 2.55. The van der Waals surface area contributed by atoms with E-state index >= 15 is 0 Å². The van der Waals surface area contributed by atoms with E-state index in [9.17, 15) is 26.7 Å². The second-order valence-corrected chi connectivity index (χ2v) is 8.74. The van der Waals surface area contributed by atoms with Crippen molar-refractivity contribution in [2.24, 2.45) is 5.92 Å². The Kier molecular flexibility index (Phi) is 6.36. The third-order valence-corrected chi connectivity index (χ3v) is 6.37. The summed E-state index contributed by atoms with van der Waals surface area (Å²) < 4.78 is 75.0. The number of hydrogen-bond donors (Lipinski definition) is 1. The fraction of sp³-hybridized carbons (Fsp3) is 0.565. The lowest BCUT2D eigenvalue weighted by molar-refractivity contribution is -0.141. The van der Waals surface area contributed by atoms with Crippen molar-refractivity contribution in [3.05, 3.63) is 34.8 Å². The van der Waals surface area contributed by atoms with E-state index < -0.39 is 23.7 Å². The average Bonchev–Trinajstić information content (AvgIpc) is 3.14. The quantitative estimate of drug-likeness (QED) is 0.526. The van der Waals surface area contributed by atoms with Crippen molar-refractivity contribution in [1.82, 2.24) is 14.7 Å². The van der Waals surface area contributed by atoms with Crippen LogP contribution in [0.5, 0.6) is 0 Å². The van der Waals surface area contributed by atoms with E-state index in [1.165, 1.54) is 16.5 Å². The van der Waals surface area contributed by atoms with Crippen molar-refractivity contribution >= 4 is 11.6 Å². The van der Waals surface area contributed by atoms with Crippen LogP contribution in [0.1, 0.15) is 66.0 Å². The summed E-state index contributed by atoms with van der Waals surface area (Å²) in [5.41, 5.74) is -1.17. The number of ether oxygens (including phenoxy) is 1. The number of pyridine rings is 1. The van der Waals surface area contributed by atoms with Crippen LogP contribution in [0.3, 0.4) is 0 Å². The van der Waals surface area contributed by atoms with E-state index in [1.807, 2.05) is 0 Å². The first kappa shape index (κ1) is 23.5. The Bertz CT molecular complexity index is 1070. The molecule has 1 saturated heterocycles. The molecular formula is C23H24F5N3O2. The van der Waals surface area contributed by atoms with Crippen molar-refractivity contribution in [3.63, 3.8) is 0 Å². The van der Waals surface area contributed by atoms with E-state index in [-0.39, 0.29) is 66.7 Å². The Morgan fingerprint density at radius 2 is 1.88 bits per heavy atom. The normalized spacial score (nSPS) is 20.0. The molecule has 1 aliphatic carbocycles. The molecule has 0 radical (unpaired) electrons. The first-order valence-electron chi connectivity index (χ1n) is 10.9. The summed E-state index contributed by atoms with van der Waals surface area (Å²) in [5, 5.41) is 2.86. The van der Waals surface area contributed by atoms with Gasteiger partial charge in [0, 0.05) is 37.7 Å². The number of halogens is 5. The number of alkyl halides is 5. The highest BCUT2D eigenvalue weighted by Gasteiger charge is 2.41. The predicted molar refractivity (Wildman–Crippen MR) is 110 cm³/mol. The van der Waals surface area contributed by atoms with Gasteiger partial charge in [0.05, 0.1) is 11.4 Å². The number of nitrogens with one attached hydrogen (secondary N) is 1. The lowest BCUT2D eigenvalue weighted by Gasteiger charge is -2.28. The third-order valence-electron chi connectivity index (χ3n) is 6.37. The summed E-state index contributed by atoms with van der Waals surface area (Å²) in [4.78, 5) is 16.5. The van der Waals surface area contributed by atoms with Crippen LogP contribution in [0.15, 0.2) is 12.1 Å². The van der Waals surface area contributed by atoms with Crippen molar-refractivity contribution in [2.75, 3.05) is 13.2 Å². The van der Waals surface area contributed by atoms with Crippen molar-refractivity contribution < 1.29 is 31.5 Å². The lowest BCUT2D eigenvalue weighted by Crippen LogP contribution is -2.39. The van der Waals surface area contributed by atoms with E-state index in [1.54, 1.807) is 0 Å².